The van der Waals surface area contributed by atoms with Gasteiger partial charge in [0.1, 0.15) is 5.82 Å². The van der Waals surface area contributed by atoms with E-state index >= 15 is 0 Å². The summed E-state index contributed by atoms with van der Waals surface area (Å²) in [5, 5.41) is 1.92. The van der Waals surface area contributed by atoms with E-state index < -0.39 is 0 Å². The summed E-state index contributed by atoms with van der Waals surface area (Å²) >= 11 is 6.07. The molecule has 0 unspecified atom stereocenters. The first kappa shape index (κ1) is 13.7. The molecule has 2 aromatic rings. The van der Waals surface area contributed by atoms with Crippen LogP contribution >= 0.6 is 11.6 Å². The van der Waals surface area contributed by atoms with Crippen LogP contribution in [0, 0.1) is 6.92 Å². The van der Waals surface area contributed by atoms with Crippen LogP contribution in [0.3, 0.4) is 0 Å². The van der Waals surface area contributed by atoms with Gasteiger partial charge in [0.05, 0.1) is 5.52 Å². The van der Waals surface area contributed by atoms with Gasteiger partial charge < -0.3 is 9.80 Å². The van der Waals surface area contributed by atoms with Crippen molar-refractivity contribution in [1.82, 2.24) is 9.88 Å². The van der Waals surface area contributed by atoms with Crippen molar-refractivity contribution in [3.8, 4) is 0 Å². The number of hydrogen-bond donors (Lipinski definition) is 0. The molecule has 0 saturated carbocycles. The van der Waals surface area contributed by atoms with E-state index in [1.807, 2.05) is 18.2 Å². The van der Waals surface area contributed by atoms with Gasteiger partial charge in [-0.3, -0.25) is 0 Å². The van der Waals surface area contributed by atoms with Gasteiger partial charge in [0.25, 0.3) is 0 Å². The molecule has 106 valence electrons. The van der Waals surface area contributed by atoms with Crippen LogP contribution in [0.2, 0.25) is 5.02 Å². The maximum absolute atomic E-state index is 6.07. The quantitative estimate of drug-likeness (QED) is 0.803. The Morgan fingerprint density at radius 1 is 1.10 bits per heavy atom. The Morgan fingerprint density at radius 2 is 1.95 bits per heavy atom. The van der Waals surface area contributed by atoms with E-state index in [1.165, 1.54) is 18.5 Å². The van der Waals surface area contributed by atoms with E-state index in [0.717, 1.165) is 41.4 Å². The lowest BCUT2D eigenvalue weighted by atomic mass is 10.1. The van der Waals surface area contributed by atoms with Gasteiger partial charge in [0, 0.05) is 30.0 Å². The van der Waals surface area contributed by atoms with Crippen LogP contribution in [0.1, 0.15) is 12.0 Å². The van der Waals surface area contributed by atoms with Gasteiger partial charge >= 0.3 is 0 Å². The lowest BCUT2D eigenvalue weighted by Crippen LogP contribution is -2.29. The fourth-order valence-corrected chi connectivity index (χ4v) is 2.96. The monoisotopic (exact) mass is 289 g/mol. The Bertz CT molecular complexity index is 626. The zero-order chi connectivity index (χ0) is 14.1. The average molecular weight is 290 g/mol. The Kier molecular flexibility index (Phi) is 3.81. The van der Waals surface area contributed by atoms with E-state index in [0.29, 0.717) is 0 Å². The third-order valence-corrected chi connectivity index (χ3v) is 4.24. The van der Waals surface area contributed by atoms with E-state index in [9.17, 15) is 0 Å². The zero-order valence-electron chi connectivity index (χ0n) is 12.1. The van der Waals surface area contributed by atoms with Crippen LogP contribution in [-0.4, -0.2) is 43.1 Å². The zero-order valence-corrected chi connectivity index (χ0v) is 12.8. The minimum absolute atomic E-state index is 0.770. The maximum Gasteiger partial charge on any atom is 0.129 e. The molecule has 1 saturated heterocycles. The summed E-state index contributed by atoms with van der Waals surface area (Å²) in [7, 11) is 2.19. The topological polar surface area (TPSA) is 19.4 Å². The van der Waals surface area contributed by atoms with E-state index in [1.54, 1.807) is 0 Å². The smallest absolute Gasteiger partial charge is 0.129 e. The lowest BCUT2D eigenvalue weighted by Gasteiger charge is -2.22. The van der Waals surface area contributed by atoms with Crippen molar-refractivity contribution in [3.63, 3.8) is 0 Å². The molecule has 0 atom stereocenters. The molecular formula is C16H20ClN3. The summed E-state index contributed by atoms with van der Waals surface area (Å²) in [6.45, 7) is 6.52. The van der Waals surface area contributed by atoms with Crippen molar-refractivity contribution in [2.45, 2.75) is 13.3 Å². The fourth-order valence-electron chi connectivity index (χ4n) is 2.79. The third kappa shape index (κ3) is 2.74. The molecule has 4 heteroatoms. The van der Waals surface area contributed by atoms with Crippen LogP contribution < -0.4 is 4.90 Å². The Morgan fingerprint density at radius 3 is 2.80 bits per heavy atom. The van der Waals surface area contributed by atoms with Gasteiger partial charge in [-0.2, -0.15) is 0 Å². The second-order valence-electron chi connectivity index (χ2n) is 5.60. The minimum atomic E-state index is 0.770. The molecule has 3 rings (SSSR count). The first-order chi connectivity index (χ1) is 9.63. The summed E-state index contributed by atoms with van der Waals surface area (Å²) in [6.07, 6.45) is 1.19. The first-order valence-electron chi connectivity index (χ1n) is 7.14. The van der Waals surface area contributed by atoms with Gasteiger partial charge in [-0.25, -0.2) is 4.98 Å². The summed E-state index contributed by atoms with van der Waals surface area (Å²) < 4.78 is 0. The second kappa shape index (κ2) is 5.58. The number of fused-ring (bicyclic) bond motifs is 1. The predicted molar refractivity (Wildman–Crippen MR) is 85.8 cm³/mol. The highest BCUT2D eigenvalue weighted by Crippen LogP contribution is 2.25. The fraction of sp³-hybridized carbons (Fsp3) is 0.438. The highest BCUT2D eigenvalue weighted by atomic mass is 35.5. The van der Waals surface area contributed by atoms with Gasteiger partial charge in [-0.05, 0) is 56.8 Å². The van der Waals surface area contributed by atoms with E-state index in [4.69, 9.17) is 16.6 Å². The molecule has 0 spiro atoms. The van der Waals surface area contributed by atoms with Crippen LogP contribution in [0.25, 0.3) is 10.9 Å². The molecule has 1 aromatic heterocycles. The Labute approximate surface area is 125 Å². The number of likely N-dealkylation sites (N-methyl/N-ethyl adjacent to an activating group) is 1. The number of hydrogen-bond acceptors (Lipinski definition) is 3. The number of pyridine rings is 1. The van der Waals surface area contributed by atoms with Crippen molar-refractivity contribution in [1.29, 1.82) is 0 Å². The largest absolute Gasteiger partial charge is 0.355 e. The normalized spacial score (nSPS) is 17.4. The second-order valence-corrected chi connectivity index (χ2v) is 6.04. The molecule has 0 amide bonds. The van der Waals surface area contributed by atoms with E-state index in [2.05, 4.69) is 29.8 Å². The highest BCUT2D eigenvalue weighted by Gasteiger charge is 2.15. The molecule has 1 aromatic carbocycles. The van der Waals surface area contributed by atoms with Crippen molar-refractivity contribution < 1.29 is 0 Å². The number of halogens is 1. The molecular weight excluding hydrogens is 270 g/mol. The molecule has 0 radical (unpaired) electrons. The number of nitrogens with zero attached hydrogens (tertiary/aromatic N) is 3. The minimum Gasteiger partial charge on any atom is -0.355 e. The van der Waals surface area contributed by atoms with Crippen LogP contribution in [0.5, 0.6) is 0 Å². The van der Waals surface area contributed by atoms with E-state index in [-0.39, 0.29) is 0 Å². The van der Waals surface area contributed by atoms with Crippen molar-refractivity contribution >= 4 is 28.3 Å². The maximum atomic E-state index is 6.07. The standard InChI is InChI=1S/C16H20ClN3/c1-12-10-16(20-7-3-6-19(2)8-9-20)18-15-5-4-13(17)11-14(12)15/h4-5,10-11H,3,6-9H2,1-2H3. The van der Waals surface area contributed by atoms with Crippen LogP contribution in [0.15, 0.2) is 24.3 Å². The molecule has 20 heavy (non-hydrogen) atoms. The van der Waals surface area contributed by atoms with Crippen molar-refractivity contribution in [2.75, 3.05) is 38.1 Å². The van der Waals surface area contributed by atoms with Gasteiger partial charge in [-0.15, -0.1) is 0 Å². The van der Waals surface area contributed by atoms with Gasteiger partial charge in [0.15, 0.2) is 0 Å². The van der Waals surface area contributed by atoms with Crippen LogP contribution in [-0.2, 0) is 0 Å². The lowest BCUT2D eigenvalue weighted by molar-refractivity contribution is 0.360. The SMILES string of the molecule is Cc1cc(N2CCCN(C)CC2)nc2ccc(Cl)cc12. The molecule has 1 fully saturated rings. The molecule has 0 aliphatic carbocycles. The first-order valence-corrected chi connectivity index (χ1v) is 7.52. The number of rotatable bonds is 1. The molecule has 3 nitrogen and oxygen atoms in total. The highest BCUT2D eigenvalue weighted by molar-refractivity contribution is 6.31. The molecule has 2 heterocycles. The van der Waals surface area contributed by atoms with Crippen LogP contribution in [0.4, 0.5) is 5.82 Å². The Balaban J connectivity index is 1.97. The average Bonchev–Trinajstić information content (AvgIpc) is 2.64. The summed E-state index contributed by atoms with van der Waals surface area (Å²) in [4.78, 5) is 9.59. The number of aryl methyl sites for hydroxylation is 1. The third-order valence-electron chi connectivity index (χ3n) is 4.01. The summed E-state index contributed by atoms with van der Waals surface area (Å²) in [6, 6.07) is 8.11. The Hall–Kier alpha value is -1.32. The predicted octanol–water partition coefficient (Wildman–Crippen LogP) is 3.34. The summed E-state index contributed by atoms with van der Waals surface area (Å²) in [5.74, 6) is 1.09. The van der Waals surface area contributed by atoms with Crippen molar-refractivity contribution in [3.05, 3.63) is 34.9 Å². The van der Waals surface area contributed by atoms with Gasteiger partial charge in [0.2, 0.25) is 0 Å². The number of anilines is 1. The number of aromatic nitrogens is 1. The number of benzene rings is 1. The molecule has 0 bridgehead atoms. The summed E-state index contributed by atoms with van der Waals surface area (Å²) in [5.41, 5.74) is 2.27. The molecule has 1 aliphatic heterocycles. The van der Waals surface area contributed by atoms with Gasteiger partial charge in [-0.1, -0.05) is 11.6 Å². The molecule has 0 N–H and O–H groups in total. The van der Waals surface area contributed by atoms with Crippen molar-refractivity contribution in [2.24, 2.45) is 0 Å². The molecule has 1 aliphatic rings.